The molecule has 3 aromatic rings. The number of rotatable bonds is 9. The summed E-state index contributed by atoms with van der Waals surface area (Å²) in [6.07, 6.45) is 2.05. The number of benzene rings is 2. The molecular formula is C22H24N4O6. The van der Waals surface area contributed by atoms with Crippen LogP contribution in [0.2, 0.25) is 0 Å². The van der Waals surface area contributed by atoms with Gasteiger partial charge in [0.1, 0.15) is 0 Å². The summed E-state index contributed by atoms with van der Waals surface area (Å²) in [5.74, 6) is 0.747. The number of para-hydroxylation sites is 1. The number of hydrogen-bond acceptors (Lipinski definition) is 7. The van der Waals surface area contributed by atoms with Crippen molar-refractivity contribution in [3.05, 3.63) is 68.8 Å². The molecular weight excluding hydrogens is 416 g/mol. The normalized spacial score (nSPS) is 10.7. The zero-order chi connectivity index (χ0) is 23.3. The fourth-order valence-electron chi connectivity index (χ4n) is 3.40. The van der Waals surface area contributed by atoms with Crippen molar-refractivity contribution in [3.8, 4) is 11.5 Å². The van der Waals surface area contributed by atoms with Crippen molar-refractivity contribution in [2.45, 2.75) is 25.9 Å². The lowest BCUT2D eigenvalue weighted by Gasteiger charge is -2.17. The quantitative estimate of drug-likeness (QED) is 0.371. The van der Waals surface area contributed by atoms with E-state index in [1.54, 1.807) is 37.4 Å². The molecule has 10 heteroatoms. The maximum Gasteiger partial charge on any atom is 0.274 e. The highest BCUT2D eigenvalue weighted by molar-refractivity contribution is 5.81. The van der Waals surface area contributed by atoms with Crippen LogP contribution in [0.15, 0.2) is 47.5 Å². The van der Waals surface area contributed by atoms with Gasteiger partial charge in [-0.3, -0.25) is 24.3 Å². The Hall–Kier alpha value is -3.95. The Morgan fingerprint density at radius 1 is 1.19 bits per heavy atom. The number of carbonyl (C=O) groups is 1. The molecule has 0 saturated heterocycles. The Kier molecular flexibility index (Phi) is 7.04. The average Bonchev–Trinajstić information content (AvgIpc) is 2.79. The van der Waals surface area contributed by atoms with Crippen LogP contribution in [0.4, 0.5) is 5.69 Å². The molecule has 0 unspecified atom stereocenters. The Morgan fingerprint density at radius 2 is 1.88 bits per heavy atom. The van der Waals surface area contributed by atoms with Gasteiger partial charge >= 0.3 is 0 Å². The SMILES string of the molecule is COc1cc2ncn(CCCC(=O)N(C)Cc3ccccc3[N+](=O)[O-])c(=O)c2cc1OC. The molecule has 3 rings (SSSR count). The van der Waals surface area contributed by atoms with Crippen LogP contribution in [-0.2, 0) is 17.9 Å². The number of amides is 1. The first kappa shape index (κ1) is 22.7. The van der Waals surface area contributed by atoms with Crippen LogP contribution in [0.25, 0.3) is 10.9 Å². The van der Waals surface area contributed by atoms with Gasteiger partial charge in [-0.2, -0.15) is 0 Å². The second-order valence-electron chi connectivity index (χ2n) is 7.21. The van der Waals surface area contributed by atoms with Crippen LogP contribution in [-0.4, -0.2) is 46.5 Å². The lowest BCUT2D eigenvalue weighted by atomic mass is 10.1. The Bertz CT molecular complexity index is 1210. The monoisotopic (exact) mass is 440 g/mol. The number of nitrogens with zero attached hydrogens (tertiary/aromatic N) is 4. The Morgan fingerprint density at radius 3 is 2.56 bits per heavy atom. The predicted molar refractivity (Wildman–Crippen MR) is 118 cm³/mol. The Labute approximate surface area is 184 Å². The fourth-order valence-corrected chi connectivity index (χ4v) is 3.40. The van der Waals surface area contributed by atoms with E-state index in [-0.39, 0.29) is 30.1 Å². The molecule has 10 nitrogen and oxygen atoms in total. The number of nitro benzene ring substituents is 1. The molecule has 0 aliphatic heterocycles. The number of aryl methyl sites for hydroxylation is 1. The second-order valence-corrected chi connectivity index (χ2v) is 7.21. The van der Waals surface area contributed by atoms with Gasteiger partial charge in [-0.15, -0.1) is 0 Å². The molecule has 0 saturated carbocycles. The average molecular weight is 440 g/mol. The number of aromatic nitrogens is 2. The highest BCUT2D eigenvalue weighted by Crippen LogP contribution is 2.29. The molecule has 0 spiro atoms. The van der Waals surface area contributed by atoms with Crippen LogP contribution >= 0.6 is 0 Å². The van der Waals surface area contributed by atoms with Crippen LogP contribution in [0.5, 0.6) is 11.5 Å². The third-order valence-corrected chi connectivity index (χ3v) is 5.14. The minimum absolute atomic E-state index is 0.0204. The van der Waals surface area contributed by atoms with Crippen molar-refractivity contribution in [1.29, 1.82) is 0 Å². The summed E-state index contributed by atoms with van der Waals surface area (Å²) in [5, 5.41) is 11.5. The van der Waals surface area contributed by atoms with Gasteiger partial charge in [0, 0.05) is 37.7 Å². The first-order chi connectivity index (χ1) is 15.3. The zero-order valence-electron chi connectivity index (χ0n) is 18.1. The molecule has 0 atom stereocenters. The number of nitro groups is 1. The van der Waals surface area contributed by atoms with E-state index in [9.17, 15) is 19.7 Å². The minimum atomic E-state index is -0.461. The van der Waals surface area contributed by atoms with Crippen molar-refractivity contribution in [2.75, 3.05) is 21.3 Å². The van der Waals surface area contributed by atoms with Gasteiger partial charge in [-0.25, -0.2) is 4.98 Å². The first-order valence-corrected chi connectivity index (χ1v) is 9.93. The molecule has 1 amide bonds. The summed E-state index contributed by atoms with van der Waals surface area (Å²) < 4.78 is 11.9. The molecule has 32 heavy (non-hydrogen) atoms. The smallest absolute Gasteiger partial charge is 0.274 e. The van der Waals surface area contributed by atoms with E-state index in [1.165, 1.54) is 36.1 Å². The zero-order valence-corrected chi connectivity index (χ0v) is 18.1. The fraction of sp³-hybridized carbons (Fsp3) is 0.318. The van der Waals surface area contributed by atoms with E-state index < -0.39 is 4.92 Å². The van der Waals surface area contributed by atoms with E-state index in [2.05, 4.69) is 4.98 Å². The van der Waals surface area contributed by atoms with Gasteiger partial charge < -0.3 is 14.4 Å². The highest BCUT2D eigenvalue weighted by atomic mass is 16.6. The third kappa shape index (κ3) is 4.85. The number of ether oxygens (including phenoxy) is 2. The van der Waals surface area contributed by atoms with Gasteiger partial charge in [0.05, 0.1) is 42.9 Å². The largest absolute Gasteiger partial charge is 0.493 e. The van der Waals surface area contributed by atoms with E-state index in [1.807, 2.05) is 0 Å². The van der Waals surface area contributed by atoms with E-state index in [0.29, 0.717) is 40.9 Å². The summed E-state index contributed by atoms with van der Waals surface area (Å²) in [7, 11) is 4.60. The molecule has 168 valence electrons. The van der Waals surface area contributed by atoms with Crippen LogP contribution < -0.4 is 15.0 Å². The predicted octanol–water partition coefficient (Wildman–Crippen LogP) is 2.76. The highest BCUT2D eigenvalue weighted by Gasteiger charge is 2.17. The van der Waals surface area contributed by atoms with Crippen LogP contribution in [0.3, 0.4) is 0 Å². The summed E-state index contributed by atoms with van der Waals surface area (Å²) in [5.41, 5.74) is 0.696. The standard InChI is InChI=1S/C22H24N4O6/c1-24(13-15-7-4-5-8-18(15)26(29)30)21(27)9-6-10-25-14-23-17-12-20(32-3)19(31-2)11-16(17)22(25)28/h4-5,7-8,11-12,14H,6,9-10,13H2,1-3H3. The van der Waals surface area contributed by atoms with Gasteiger partial charge in [0.15, 0.2) is 11.5 Å². The summed E-state index contributed by atoms with van der Waals surface area (Å²) in [6, 6.07) is 9.56. The van der Waals surface area contributed by atoms with Crippen LogP contribution in [0, 0.1) is 10.1 Å². The summed E-state index contributed by atoms with van der Waals surface area (Å²) in [6.45, 7) is 0.441. The molecule has 0 aliphatic rings. The molecule has 1 aromatic heterocycles. The van der Waals surface area contributed by atoms with Gasteiger partial charge in [0.25, 0.3) is 11.2 Å². The van der Waals surface area contributed by atoms with Crippen molar-refractivity contribution >= 4 is 22.5 Å². The maximum absolute atomic E-state index is 12.8. The molecule has 0 bridgehead atoms. The van der Waals surface area contributed by atoms with Crippen molar-refractivity contribution in [3.63, 3.8) is 0 Å². The number of carbonyl (C=O) groups excluding carboxylic acids is 1. The van der Waals surface area contributed by atoms with E-state index in [0.717, 1.165) is 0 Å². The molecule has 0 fully saturated rings. The lowest BCUT2D eigenvalue weighted by molar-refractivity contribution is -0.385. The number of methoxy groups -OCH3 is 2. The molecule has 0 radical (unpaired) electrons. The van der Waals surface area contributed by atoms with Crippen LogP contribution in [0.1, 0.15) is 18.4 Å². The minimum Gasteiger partial charge on any atom is -0.493 e. The second kappa shape index (κ2) is 9.90. The molecule has 0 N–H and O–H groups in total. The molecule has 2 aromatic carbocycles. The van der Waals surface area contributed by atoms with E-state index >= 15 is 0 Å². The summed E-state index contributed by atoms with van der Waals surface area (Å²) in [4.78, 5) is 41.8. The Balaban J connectivity index is 1.66. The molecule has 1 heterocycles. The van der Waals surface area contributed by atoms with E-state index in [4.69, 9.17) is 9.47 Å². The topological polar surface area (TPSA) is 117 Å². The maximum atomic E-state index is 12.8. The van der Waals surface area contributed by atoms with Gasteiger partial charge in [-0.1, -0.05) is 18.2 Å². The third-order valence-electron chi connectivity index (χ3n) is 5.14. The van der Waals surface area contributed by atoms with Crippen molar-refractivity contribution < 1.29 is 19.2 Å². The van der Waals surface area contributed by atoms with Gasteiger partial charge in [-0.05, 0) is 12.5 Å². The van der Waals surface area contributed by atoms with Crippen molar-refractivity contribution in [2.24, 2.45) is 0 Å². The number of fused-ring (bicyclic) bond motifs is 1. The lowest BCUT2D eigenvalue weighted by Crippen LogP contribution is -2.27. The number of hydrogen-bond donors (Lipinski definition) is 0. The summed E-state index contributed by atoms with van der Waals surface area (Å²) >= 11 is 0. The van der Waals surface area contributed by atoms with Crippen molar-refractivity contribution in [1.82, 2.24) is 14.5 Å². The van der Waals surface area contributed by atoms with Gasteiger partial charge in [0.2, 0.25) is 5.91 Å². The molecule has 0 aliphatic carbocycles. The first-order valence-electron chi connectivity index (χ1n) is 9.93.